The molecule has 1 N–H and O–H groups in total. The molecule has 0 amide bonds. The van der Waals surface area contributed by atoms with Gasteiger partial charge in [0.2, 0.25) is 0 Å². The number of nitrogens with zero attached hydrogens (tertiary/aromatic N) is 3. The minimum absolute atomic E-state index is 0.260. The predicted molar refractivity (Wildman–Crippen MR) is 67.4 cm³/mol. The fraction of sp³-hybridized carbons (Fsp3) is 0.800. The van der Waals surface area contributed by atoms with Crippen molar-refractivity contribution in [3.8, 4) is 0 Å². The van der Waals surface area contributed by atoms with E-state index < -0.39 is 0 Å². The minimum atomic E-state index is 0.260. The third-order valence-corrected chi connectivity index (χ3v) is 3.74. The van der Waals surface area contributed by atoms with E-state index in [0.29, 0.717) is 19.2 Å². The first-order chi connectivity index (χ1) is 8.31. The molecule has 0 aromatic carbocycles. The van der Waals surface area contributed by atoms with Crippen molar-refractivity contribution in [3.63, 3.8) is 0 Å². The van der Waals surface area contributed by atoms with Gasteiger partial charge in [-0.3, -0.25) is 4.90 Å². The van der Waals surface area contributed by atoms with Gasteiger partial charge in [-0.15, -0.1) is 0 Å². The van der Waals surface area contributed by atoms with Crippen LogP contribution in [0, 0.1) is 0 Å². The van der Waals surface area contributed by atoms with Crippen LogP contribution in [0.5, 0.6) is 0 Å². The lowest BCUT2D eigenvalue weighted by Crippen LogP contribution is -2.33. The molecule has 0 radical (unpaired) electrons. The van der Waals surface area contributed by atoms with Crippen LogP contribution in [0.25, 0.3) is 0 Å². The van der Waals surface area contributed by atoms with Gasteiger partial charge in [0.15, 0.2) is 5.82 Å². The molecular weight excluding hydrogens is 240 g/mol. The Bertz CT molecular complexity index is 347. The van der Waals surface area contributed by atoms with Gasteiger partial charge in [0.05, 0.1) is 12.6 Å². The second kappa shape index (κ2) is 6.23. The molecule has 1 atom stereocenters. The molecule has 17 heavy (non-hydrogen) atoms. The van der Waals surface area contributed by atoms with Gasteiger partial charge < -0.3 is 14.6 Å². The summed E-state index contributed by atoms with van der Waals surface area (Å²) in [7, 11) is 3.76. The van der Waals surface area contributed by atoms with Crippen molar-refractivity contribution in [1.82, 2.24) is 15.0 Å². The zero-order valence-corrected chi connectivity index (χ0v) is 11.0. The highest BCUT2D eigenvalue weighted by molar-refractivity contribution is 7.99. The molecule has 6 nitrogen and oxygen atoms in total. The van der Waals surface area contributed by atoms with E-state index in [1.165, 1.54) is 5.75 Å². The summed E-state index contributed by atoms with van der Waals surface area (Å²) in [6.07, 6.45) is 0. The monoisotopic (exact) mass is 258 g/mol. The molecule has 0 saturated carbocycles. The first-order valence-electron chi connectivity index (χ1n) is 5.65. The molecule has 2 rings (SSSR count). The van der Waals surface area contributed by atoms with Crippen LogP contribution in [0.1, 0.15) is 11.9 Å². The van der Waals surface area contributed by atoms with E-state index >= 15 is 0 Å². The molecule has 1 saturated heterocycles. The molecule has 1 aliphatic rings. The summed E-state index contributed by atoms with van der Waals surface area (Å²) in [6, 6.07) is 0.733. The number of thioether (sulfide) groups is 1. The maximum absolute atomic E-state index is 5.15. The number of nitrogens with one attached hydrogen (secondary N) is 1. The summed E-state index contributed by atoms with van der Waals surface area (Å²) in [5, 5.41) is 7.05. The number of hydrogen-bond donors (Lipinski definition) is 1. The van der Waals surface area contributed by atoms with Gasteiger partial charge >= 0.3 is 6.01 Å². The largest absolute Gasteiger partial charge is 0.383 e. The molecule has 7 heteroatoms. The van der Waals surface area contributed by atoms with E-state index in [4.69, 9.17) is 9.26 Å². The first kappa shape index (κ1) is 12.7. The van der Waals surface area contributed by atoms with Crippen molar-refractivity contribution in [2.24, 2.45) is 0 Å². The number of aromatic nitrogens is 2. The van der Waals surface area contributed by atoms with Crippen LogP contribution < -0.4 is 5.32 Å². The third kappa shape index (κ3) is 3.34. The van der Waals surface area contributed by atoms with Crippen LogP contribution in [-0.4, -0.2) is 60.4 Å². The fourth-order valence-electron chi connectivity index (χ4n) is 1.66. The summed E-state index contributed by atoms with van der Waals surface area (Å²) in [5.41, 5.74) is 0. The molecule has 0 bridgehead atoms. The Morgan fingerprint density at radius 3 is 3.29 bits per heavy atom. The first-order valence-corrected chi connectivity index (χ1v) is 6.81. The Kier molecular flexibility index (Phi) is 4.64. The highest BCUT2D eigenvalue weighted by Gasteiger charge is 2.25. The minimum Gasteiger partial charge on any atom is -0.383 e. The molecule has 2 heterocycles. The fourth-order valence-corrected chi connectivity index (χ4v) is 2.87. The predicted octanol–water partition coefficient (Wildman–Crippen LogP) is 0.848. The van der Waals surface area contributed by atoms with Crippen LogP contribution in [0.4, 0.5) is 6.01 Å². The van der Waals surface area contributed by atoms with Crippen molar-refractivity contribution in [3.05, 3.63) is 5.82 Å². The zero-order chi connectivity index (χ0) is 12.1. The Morgan fingerprint density at radius 2 is 2.53 bits per heavy atom. The number of methoxy groups -OCH3 is 1. The van der Waals surface area contributed by atoms with Crippen LogP contribution >= 0.6 is 11.8 Å². The lowest BCUT2D eigenvalue weighted by atomic mass is 10.3. The maximum Gasteiger partial charge on any atom is 0.321 e. The van der Waals surface area contributed by atoms with Crippen molar-refractivity contribution in [2.75, 3.05) is 50.7 Å². The second-order valence-corrected chi connectivity index (χ2v) is 5.10. The highest BCUT2D eigenvalue weighted by atomic mass is 32.2. The molecule has 96 valence electrons. The molecule has 1 aromatic heterocycles. The maximum atomic E-state index is 5.15. The van der Waals surface area contributed by atoms with Crippen LogP contribution in [0.2, 0.25) is 0 Å². The van der Waals surface area contributed by atoms with Crippen LogP contribution in [0.15, 0.2) is 4.52 Å². The topological polar surface area (TPSA) is 63.4 Å². The molecule has 0 spiro atoms. The SMILES string of the molecule is COCCNc1nc(C2CSCCN2C)no1. The van der Waals surface area contributed by atoms with Gasteiger partial charge in [0.25, 0.3) is 0 Å². The lowest BCUT2D eigenvalue weighted by Gasteiger charge is -2.29. The number of hydrogen-bond acceptors (Lipinski definition) is 7. The molecule has 0 aliphatic carbocycles. The molecule has 1 aromatic rings. The van der Waals surface area contributed by atoms with E-state index in [1.54, 1.807) is 7.11 Å². The van der Waals surface area contributed by atoms with Gasteiger partial charge in [0, 0.05) is 31.7 Å². The van der Waals surface area contributed by atoms with Gasteiger partial charge in [-0.05, 0) is 7.05 Å². The normalized spacial score (nSPS) is 21.6. The summed E-state index contributed by atoms with van der Waals surface area (Å²) in [4.78, 5) is 6.62. The number of ether oxygens (including phenoxy) is 1. The third-order valence-electron chi connectivity index (χ3n) is 2.72. The number of anilines is 1. The van der Waals surface area contributed by atoms with E-state index in [0.717, 1.165) is 18.1 Å². The second-order valence-electron chi connectivity index (χ2n) is 3.95. The summed E-state index contributed by atoms with van der Waals surface area (Å²) in [6.45, 7) is 2.36. The average Bonchev–Trinajstić information content (AvgIpc) is 2.79. The standard InChI is InChI=1S/C10H18N4O2S/c1-14-4-6-17-7-8(14)9-12-10(16-13-9)11-3-5-15-2/h8H,3-7H2,1-2H3,(H,11,12,13). The average molecular weight is 258 g/mol. The van der Waals surface area contributed by atoms with Gasteiger partial charge in [-0.25, -0.2) is 0 Å². The quantitative estimate of drug-likeness (QED) is 0.785. The van der Waals surface area contributed by atoms with Crippen molar-refractivity contribution in [1.29, 1.82) is 0 Å². The number of rotatable bonds is 5. The molecular formula is C10H18N4O2S. The summed E-state index contributed by atoms with van der Waals surface area (Å²) < 4.78 is 10.1. The Hall–Kier alpha value is -0.790. The zero-order valence-electron chi connectivity index (χ0n) is 10.2. The van der Waals surface area contributed by atoms with Crippen LogP contribution in [-0.2, 0) is 4.74 Å². The van der Waals surface area contributed by atoms with Gasteiger partial charge in [0.1, 0.15) is 0 Å². The highest BCUT2D eigenvalue weighted by Crippen LogP contribution is 2.26. The molecule has 1 aliphatic heterocycles. The van der Waals surface area contributed by atoms with Gasteiger partial charge in [-0.2, -0.15) is 16.7 Å². The van der Waals surface area contributed by atoms with Crippen LogP contribution in [0.3, 0.4) is 0 Å². The van der Waals surface area contributed by atoms with Crippen molar-refractivity contribution in [2.45, 2.75) is 6.04 Å². The van der Waals surface area contributed by atoms with E-state index in [2.05, 4.69) is 27.4 Å². The Balaban J connectivity index is 1.92. The Morgan fingerprint density at radius 1 is 1.65 bits per heavy atom. The summed E-state index contributed by atoms with van der Waals surface area (Å²) >= 11 is 1.93. The van der Waals surface area contributed by atoms with Gasteiger partial charge in [-0.1, -0.05) is 5.16 Å². The molecule has 1 unspecified atom stereocenters. The van der Waals surface area contributed by atoms with E-state index in [1.807, 2.05) is 11.8 Å². The van der Waals surface area contributed by atoms with Crippen molar-refractivity contribution >= 4 is 17.8 Å². The Labute approximate surface area is 105 Å². The summed E-state index contributed by atoms with van der Waals surface area (Å²) in [5.74, 6) is 2.96. The smallest absolute Gasteiger partial charge is 0.321 e. The molecule has 1 fully saturated rings. The lowest BCUT2D eigenvalue weighted by molar-refractivity contribution is 0.210. The van der Waals surface area contributed by atoms with E-state index in [-0.39, 0.29) is 6.04 Å². The van der Waals surface area contributed by atoms with Crippen molar-refractivity contribution < 1.29 is 9.26 Å². The van der Waals surface area contributed by atoms with E-state index in [9.17, 15) is 0 Å².